The van der Waals surface area contributed by atoms with E-state index in [9.17, 15) is 4.79 Å². The summed E-state index contributed by atoms with van der Waals surface area (Å²) in [4.78, 5) is 27.0. The largest absolute Gasteiger partial charge is 0.317 e. The van der Waals surface area contributed by atoms with Crippen molar-refractivity contribution >= 4 is 11.9 Å². The number of aromatic nitrogens is 3. The fraction of sp³-hybridized carbons (Fsp3) is 0.400. The van der Waals surface area contributed by atoms with E-state index in [0.717, 1.165) is 72.2 Å². The fourth-order valence-corrected chi connectivity index (χ4v) is 5.19. The van der Waals surface area contributed by atoms with Gasteiger partial charge in [-0.1, -0.05) is 49.8 Å². The first-order valence-corrected chi connectivity index (χ1v) is 13.0. The van der Waals surface area contributed by atoms with E-state index in [1.165, 1.54) is 30.4 Å². The van der Waals surface area contributed by atoms with E-state index in [0.29, 0.717) is 12.8 Å². The second kappa shape index (κ2) is 11.0. The van der Waals surface area contributed by atoms with E-state index in [1.807, 2.05) is 24.4 Å². The van der Waals surface area contributed by atoms with Crippen molar-refractivity contribution in [1.82, 2.24) is 20.3 Å². The van der Waals surface area contributed by atoms with E-state index >= 15 is 0 Å². The average molecular weight is 467 g/mol. The number of aryl methyl sites for hydroxylation is 2. The highest BCUT2D eigenvalue weighted by Gasteiger charge is 2.21. The highest BCUT2D eigenvalue weighted by molar-refractivity contribution is 6.04. The Balaban J connectivity index is 1.38. The molecule has 5 nitrogen and oxygen atoms in total. The number of ketones is 1. The molecule has 1 N–H and O–H groups in total. The number of hydrogen-bond acceptors (Lipinski definition) is 5. The Bertz CT molecular complexity index is 1210. The third kappa shape index (κ3) is 5.73. The monoisotopic (exact) mass is 466 g/mol. The van der Waals surface area contributed by atoms with Crippen LogP contribution in [0.25, 0.3) is 17.5 Å². The number of fused-ring (bicyclic) bond motifs is 1. The van der Waals surface area contributed by atoms with Crippen LogP contribution in [0.2, 0.25) is 0 Å². The molecule has 5 rings (SSSR count). The number of rotatable bonds is 8. The van der Waals surface area contributed by atoms with Gasteiger partial charge in [0.25, 0.3) is 0 Å². The number of pyridine rings is 1. The summed E-state index contributed by atoms with van der Waals surface area (Å²) in [6, 6.07) is 10.9. The van der Waals surface area contributed by atoms with Crippen LogP contribution < -0.4 is 5.32 Å². The molecule has 2 aliphatic rings. The summed E-state index contributed by atoms with van der Waals surface area (Å²) in [5, 5.41) is 3.45. The zero-order valence-corrected chi connectivity index (χ0v) is 20.6. The van der Waals surface area contributed by atoms with Gasteiger partial charge in [0.1, 0.15) is 5.69 Å². The maximum atomic E-state index is 12.8. The molecule has 0 amide bonds. The van der Waals surface area contributed by atoms with Gasteiger partial charge in [0.2, 0.25) is 0 Å². The maximum Gasteiger partial charge on any atom is 0.169 e. The summed E-state index contributed by atoms with van der Waals surface area (Å²) in [7, 11) is 0. The molecule has 2 aromatic heterocycles. The van der Waals surface area contributed by atoms with Gasteiger partial charge < -0.3 is 5.32 Å². The van der Waals surface area contributed by atoms with Crippen molar-refractivity contribution in [3.63, 3.8) is 0 Å². The Morgan fingerprint density at radius 1 is 0.971 bits per heavy atom. The topological polar surface area (TPSA) is 67.8 Å². The van der Waals surface area contributed by atoms with Crippen LogP contribution in [0.5, 0.6) is 0 Å². The van der Waals surface area contributed by atoms with Gasteiger partial charge in [-0.25, -0.2) is 9.97 Å². The van der Waals surface area contributed by atoms with Gasteiger partial charge in [-0.2, -0.15) is 0 Å². The van der Waals surface area contributed by atoms with Gasteiger partial charge in [0, 0.05) is 24.6 Å². The smallest absolute Gasteiger partial charge is 0.169 e. The van der Waals surface area contributed by atoms with Gasteiger partial charge in [0.15, 0.2) is 5.78 Å². The molecular formula is C30H34N4O. The minimum Gasteiger partial charge on any atom is -0.317 e. The Morgan fingerprint density at radius 3 is 2.57 bits per heavy atom. The number of nitrogens with one attached hydrogen (secondary N) is 1. The summed E-state index contributed by atoms with van der Waals surface area (Å²) in [5.74, 6) is 0.980. The first-order chi connectivity index (χ1) is 17.2. The summed E-state index contributed by atoms with van der Waals surface area (Å²) in [5.41, 5.74) is 7.59. The van der Waals surface area contributed by atoms with Crippen molar-refractivity contribution < 1.29 is 4.79 Å². The second-order valence-corrected chi connectivity index (χ2v) is 9.82. The molecule has 0 saturated carbocycles. The predicted octanol–water partition coefficient (Wildman–Crippen LogP) is 5.61. The van der Waals surface area contributed by atoms with Crippen LogP contribution in [0.3, 0.4) is 0 Å². The summed E-state index contributed by atoms with van der Waals surface area (Å²) >= 11 is 0. The van der Waals surface area contributed by atoms with Gasteiger partial charge >= 0.3 is 0 Å². The molecule has 1 saturated heterocycles. The van der Waals surface area contributed by atoms with Gasteiger partial charge in [-0.05, 0) is 73.9 Å². The second-order valence-electron chi connectivity index (χ2n) is 9.82. The van der Waals surface area contributed by atoms with Gasteiger partial charge in [-0.3, -0.25) is 9.78 Å². The molecule has 35 heavy (non-hydrogen) atoms. The van der Waals surface area contributed by atoms with Crippen molar-refractivity contribution in [2.75, 3.05) is 13.1 Å². The van der Waals surface area contributed by atoms with Gasteiger partial charge in [-0.15, -0.1) is 0 Å². The van der Waals surface area contributed by atoms with E-state index < -0.39 is 0 Å². The number of allylic oxidation sites excluding steroid dienone is 1. The minimum absolute atomic E-state index is 0.140. The number of nitrogens with zero attached hydrogens (tertiary/aromatic N) is 3. The molecule has 0 unspecified atom stereocenters. The van der Waals surface area contributed by atoms with E-state index in [4.69, 9.17) is 9.97 Å². The number of carbonyl (C=O) groups excluding carboxylic acids is 1. The standard InChI is InChI=1S/C30H34N4O/c1-2-4-25-19-32-20-28(33-25)26-18-24-5-3-6-29(35)30(24)27(34-26)17-23-11-9-21(10-12-23)7-8-22-13-15-31-16-14-22/h3,5,9-12,18-20,22,31H,2,4,6-8,13-17H2,1H3. The third-order valence-electron chi connectivity index (χ3n) is 7.15. The number of carbonyl (C=O) groups is 1. The average Bonchev–Trinajstić information content (AvgIpc) is 2.89. The van der Waals surface area contributed by atoms with Crippen LogP contribution in [-0.4, -0.2) is 33.8 Å². The Morgan fingerprint density at radius 2 is 1.77 bits per heavy atom. The molecule has 1 aromatic carbocycles. The van der Waals surface area contributed by atoms with E-state index in [-0.39, 0.29) is 5.78 Å². The number of benzene rings is 1. The fourth-order valence-electron chi connectivity index (χ4n) is 5.19. The maximum absolute atomic E-state index is 12.8. The molecule has 1 aliphatic heterocycles. The number of hydrogen-bond donors (Lipinski definition) is 1. The molecule has 5 heteroatoms. The van der Waals surface area contributed by atoms with Crippen molar-refractivity contribution in [3.8, 4) is 11.4 Å². The minimum atomic E-state index is 0.140. The van der Waals surface area contributed by atoms with Crippen molar-refractivity contribution in [3.05, 3.63) is 82.4 Å². The first kappa shape index (κ1) is 23.6. The quantitative estimate of drug-likeness (QED) is 0.467. The van der Waals surface area contributed by atoms with Crippen LogP contribution in [0.15, 0.2) is 48.8 Å². The molecule has 1 fully saturated rings. The lowest BCUT2D eigenvalue weighted by atomic mass is 9.90. The normalized spacial score (nSPS) is 15.9. The molecule has 1 aliphatic carbocycles. The van der Waals surface area contributed by atoms with Crippen LogP contribution in [0.4, 0.5) is 0 Å². The lowest BCUT2D eigenvalue weighted by Gasteiger charge is -2.22. The van der Waals surface area contributed by atoms with Crippen molar-refractivity contribution in [2.24, 2.45) is 5.92 Å². The van der Waals surface area contributed by atoms with Crippen LogP contribution in [0.1, 0.15) is 77.5 Å². The molecule has 3 aromatic rings. The number of Topliss-reactive ketones (excluding diaryl/α,β-unsaturated/α-hetero) is 1. The molecule has 0 bridgehead atoms. The zero-order valence-electron chi connectivity index (χ0n) is 20.6. The third-order valence-corrected chi connectivity index (χ3v) is 7.15. The van der Waals surface area contributed by atoms with E-state index in [2.05, 4.69) is 41.5 Å². The first-order valence-electron chi connectivity index (χ1n) is 13.0. The Labute approximate surface area is 208 Å². The van der Waals surface area contributed by atoms with Gasteiger partial charge in [0.05, 0.1) is 23.3 Å². The summed E-state index contributed by atoms with van der Waals surface area (Å²) in [6.45, 7) is 4.45. The molecule has 0 spiro atoms. The highest BCUT2D eigenvalue weighted by Crippen LogP contribution is 2.28. The van der Waals surface area contributed by atoms with Crippen molar-refractivity contribution in [1.29, 1.82) is 0 Å². The molecular weight excluding hydrogens is 432 g/mol. The molecule has 0 radical (unpaired) electrons. The zero-order chi connectivity index (χ0) is 24.0. The molecule has 3 heterocycles. The summed E-state index contributed by atoms with van der Waals surface area (Å²) < 4.78 is 0. The molecule has 180 valence electrons. The van der Waals surface area contributed by atoms with Crippen LogP contribution in [-0.2, 0) is 19.3 Å². The Hall–Kier alpha value is -3.18. The lowest BCUT2D eigenvalue weighted by Crippen LogP contribution is -2.27. The van der Waals surface area contributed by atoms with Crippen molar-refractivity contribution in [2.45, 2.75) is 58.3 Å². The molecule has 0 atom stereocenters. The highest BCUT2D eigenvalue weighted by atomic mass is 16.1. The predicted molar refractivity (Wildman–Crippen MR) is 140 cm³/mol. The Kier molecular flexibility index (Phi) is 7.43. The van der Waals surface area contributed by atoms with Crippen LogP contribution >= 0.6 is 0 Å². The summed E-state index contributed by atoms with van der Waals surface area (Å²) in [6.07, 6.45) is 15.5. The SMILES string of the molecule is CCCc1cncc(-c2cc3c(c(Cc4ccc(CCC5CCNCC5)cc4)n2)C(=O)CC=C3)n1. The number of piperidine rings is 1. The van der Waals surface area contributed by atoms with E-state index in [1.54, 1.807) is 6.20 Å². The van der Waals surface area contributed by atoms with Crippen LogP contribution in [0, 0.1) is 5.92 Å². The lowest BCUT2D eigenvalue weighted by molar-refractivity contribution is 0.0993.